The Bertz CT molecular complexity index is 467. The van der Waals surface area contributed by atoms with Gasteiger partial charge in [0.15, 0.2) is 0 Å². The Labute approximate surface area is 163 Å². The van der Waals surface area contributed by atoms with E-state index in [1.54, 1.807) is 0 Å². The normalized spacial score (nSPS) is 18.0. The van der Waals surface area contributed by atoms with Gasteiger partial charge in [-0.1, -0.05) is 44.2 Å². The van der Waals surface area contributed by atoms with Crippen molar-refractivity contribution in [1.29, 1.82) is 0 Å². The van der Waals surface area contributed by atoms with Crippen molar-refractivity contribution >= 4 is 30.7 Å². The zero-order valence-corrected chi connectivity index (χ0v) is 16.7. The number of nitrogens with one attached hydrogen (secondary N) is 2. The third-order valence-corrected chi connectivity index (χ3v) is 4.35. The van der Waals surface area contributed by atoms with E-state index in [2.05, 4.69) is 53.6 Å². The number of hydrogen-bond donors (Lipinski definition) is 2. The Morgan fingerprint density at radius 3 is 2.52 bits per heavy atom. The van der Waals surface area contributed by atoms with Crippen LogP contribution >= 0.6 is 24.8 Å². The van der Waals surface area contributed by atoms with Crippen LogP contribution in [0.2, 0.25) is 0 Å². The molecule has 1 saturated heterocycles. The Balaban J connectivity index is 0.00000288. The molecule has 2 N–H and O–H groups in total. The van der Waals surface area contributed by atoms with Gasteiger partial charge in [0.25, 0.3) is 0 Å². The standard InChI is InChI=1S/C18H29N3O2.2ClH/c1-3-21(4-2)17(15-8-6-5-7-9-15)14-20-18(22)12-16-13-19-10-11-23-16;;/h5-9,16-17,19H,3-4,10-14H2,1-2H3,(H,20,22);2*1H. The van der Waals surface area contributed by atoms with E-state index in [-0.39, 0.29) is 42.9 Å². The quantitative estimate of drug-likeness (QED) is 0.714. The average Bonchev–Trinajstić information content (AvgIpc) is 2.60. The number of hydrogen-bond acceptors (Lipinski definition) is 4. The maximum atomic E-state index is 12.2. The molecule has 0 radical (unpaired) electrons. The molecular formula is C18H31Cl2N3O2. The lowest BCUT2D eigenvalue weighted by Crippen LogP contribution is -2.43. The van der Waals surface area contributed by atoms with Gasteiger partial charge in [-0.15, -0.1) is 24.8 Å². The van der Waals surface area contributed by atoms with Crippen LogP contribution in [0.4, 0.5) is 0 Å². The minimum absolute atomic E-state index is 0. The lowest BCUT2D eigenvalue weighted by atomic mass is 10.0. The minimum atomic E-state index is -0.00706. The monoisotopic (exact) mass is 391 g/mol. The van der Waals surface area contributed by atoms with Gasteiger partial charge in [0.1, 0.15) is 0 Å². The van der Waals surface area contributed by atoms with Crippen molar-refractivity contribution in [2.24, 2.45) is 0 Å². The van der Waals surface area contributed by atoms with Crippen molar-refractivity contribution in [2.45, 2.75) is 32.4 Å². The Hall–Kier alpha value is -0.850. The molecule has 1 amide bonds. The van der Waals surface area contributed by atoms with Gasteiger partial charge in [-0.2, -0.15) is 0 Å². The maximum absolute atomic E-state index is 12.2. The third kappa shape index (κ3) is 7.92. The van der Waals surface area contributed by atoms with Crippen LogP contribution in [-0.4, -0.2) is 56.2 Å². The highest BCUT2D eigenvalue weighted by molar-refractivity contribution is 5.85. The highest BCUT2D eigenvalue weighted by atomic mass is 35.5. The summed E-state index contributed by atoms with van der Waals surface area (Å²) in [5, 5.41) is 6.34. The summed E-state index contributed by atoms with van der Waals surface area (Å²) in [6.45, 7) is 9.17. The van der Waals surface area contributed by atoms with Crippen LogP contribution in [0.3, 0.4) is 0 Å². The number of ether oxygens (including phenoxy) is 1. The molecule has 1 aliphatic heterocycles. The number of likely N-dealkylation sites (N-methyl/N-ethyl adjacent to an activating group) is 1. The van der Waals surface area contributed by atoms with E-state index in [0.29, 0.717) is 19.6 Å². The molecular weight excluding hydrogens is 361 g/mol. The predicted octanol–water partition coefficient (Wildman–Crippen LogP) is 2.41. The van der Waals surface area contributed by atoms with Crippen molar-refractivity contribution < 1.29 is 9.53 Å². The molecule has 2 atom stereocenters. The Morgan fingerprint density at radius 2 is 1.96 bits per heavy atom. The number of benzene rings is 1. The number of amides is 1. The van der Waals surface area contributed by atoms with Gasteiger partial charge in [-0.25, -0.2) is 0 Å². The van der Waals surface area contributed by atoms with Crippen molar-refractivity contribution in [3.8, 4) is 0 Å². The van der Waals surface area contributed by atoms with Gasteiger partial charge in [0.2, 0.25) is 5.91 Å². The zero-order valence-electron chi connectivity index (χ0n) is 15.1. The molecule has 5 nitrogen and oxygen atoms in total. The van der Waals surface area contributed by atoms with Crippen molar-refractivity contribution in [3.05, 3.63) is 35.9 Å². The molecule has 2 rings (SSSR count). The summed E-state index contributed by atoms with van der Waals surface area (Å²) in [7, 11) is 0. The first-order chi connectivity index (χ1) is 11.2. The molecule has 0 aromatic heterocycles. The maximum Gasteiger partial charge on any atom is 0.222 e. The highest BCUT2D eigenvalue weighted by Crippen LogP contribution is 2.19. The minimum Gasteiger partial charge on any atom is -0.375 e. The summed E-state index contributed by atoms with van der Waals surface area (Å²) < 4.78 is 5.60. The van der Waals surface area contributed by atoms with E-state index in [1.165, 1.54) is 5.56 Å². The molecule has 25 heavy (non-hydrogen) atoms. The number of carbonyl (C=O) groups is 1. The fourth-order valence-electron chi connectivity index (χ4n) is 3.04. The fourth-order valence-corrected chi connectivity index (χ4v) is 3.04. The van der Waals surface area contributed by atoms with Gasteiger partial charge in [0.05, 0.1) is 25.2 Å². The average molecular weight is 392 g/mol. The van der Waals surface area contributed by atoms with Gasteiger partial charge >= 0.3 is 0 Å². The largest absolute Gasteiger partial charge is 0.375 e. The van der Waals surface area contributed by atoms with Crippen LogP contribution in [0, 0.1) is 0 Å². The second-order valence-electron chi connectivity index (χ2n) is 5.85. The van der Waals surface area contributed by atoms with Gasteiger partial charge in [0, 0.05) is 19.6 Å². The summed E-state index contributed by atoms with van der Waals surface area (Å²) in [4.78, 5) is 14.6. The van der Waals surface area contributed by atoms with Crippen molar-refractivity contribution in [1.82, 2.24) is 15.5 Å². The van der Waals surface area contributed by atoms with Crippen molar-refractivity contribution in [2.75, 3.05) is 39.3 Å². The van der Waals surface area contributed by atoms with E-state index < -0.39 is 0 Å². The molecule has 0 spiro atoms. The lowest BCUT2D eigenvalue weighted by molar-refractivity contribution is -0.124. The lowest BCUT2D eigenvalue weighted by Gasteiger charge is -2.30. The second kappa shape index (κ2) is 13.4. The Morgan fingerprint density at radius 1 is 1.28 bits per heavy atom. The molecule has 0 saturated carbocycles. The summed E-state index contributed by atoms with van der Waals surface area (Å²) in [5.41, 5.74) is 1.24. The molecule has 1 aliphatic rings. The SMILES string of the molecule is CCN(CC)C(CNC(=O)CC1CNCCO1)c1ccccc1.Cl.Cl. The number of nitrogens with zero attached hydrogens (tertiary/aromatic N) is 1. The summed E-state index contributed by atoms with van der Waals surface area (Å²) in [5.74, 6) is 0.0618. The van der Waals surface area contributed by atoms with Gasteiger partial charge in [-0.05, 0) is 18.7 Å². The highest BCUT2D eigenvalue weighted by Gasteiger charge is 2.21. The molecule has 0 bridgehead atoms. The molecule has 144 valence electrons. The van der Waals surface area contributed by atoms with E-state index in [4.69, 9.17) is 4.74 Å². The molecule has 0 aliphatic carbocycles. The molecule has 7 heteroatoms. The fraction of sp³-hybridized carbons (Fsp3) is 0.611. The first kappa shape index (κ1) is 24.1. The number of morpholine rings is 1. The second-order valence-corrected chi connectivity index (χ2v) is 5.85. The molecule has 1 heterocycles. The van der Waals surface area contributed by atoms with Crippen molar-refractivity contribution in [3.63, 3.8) is 0 Å². The smallest absolute Gasteiger partial charge is 0.222 e. The predicted molar refractivity (Wildman–Crippen MR) is 107 cm³/mol. The van der Waals surface area contributed by atoms with Crippen LogP contribution in [0.15, 0.2) is 30.3 Å². The number of carbonyl (C=O) groups excluding carboxylic acids is 1. The molecule has 1 fully saturated rings. The molecule has 1 aromatic carbocycles. The summed E-state index contributed by atoms with van der Waals surface area (Å²) in [6, 6.07) is 10.6. The summed E-state index contributed by atoms with van der Waals surface area (Å²) in [6.07, 6.45) is 0.416. The third-order valence-electron chi connectivity index (χ3n) is 4.35. The van der Waals surface area contributed by atoms with Crippen LogP contribution in [0.25, 0.3) is 0 Å². The van der Waals surface area contributed by atoms with E-state index >= 15 is 0 Å². The number of halogens is 2. The van der Waals surface area contributed by atoms with Crippen LogP contribution in [0.5, 0.6) is 0 Å². The van der Waals surface area contributed by atoms with E-state index in [9.17, 15) is 4.79 Å². The van der Waals surface area contributed by atoms with E-state index in [1.807, 2.05) is 6.07 Å². The first-order valence-corrected chi connectivity index (χ1v) is 8.62. The topological polar surface area (TPSA) is 53.6 Å². The number of rotatable bonds is 8. The first-order valence-electron chi connectivity index (χ1n) is 8.62. The summed E-state index contributed by atoms with van der Waals surface area (Å²) >= 11 is 0. The zero-order chi connectivity index (χ0) is 16.5. The van der Waals surface area contributed by atoms with Gasteiger partial charge in [-0.3, -0.25) is 9.69 Å². The molecule has 2 unspecified atom stereocenters. The van der Waals surface area contributed by atoms with E-state index in [0.717, 1.165) is 26.2 Å². The van der Waals surface area contributed by atoms with Crippen LogP contribution in [-0.2, 0) is 9.53 Å². The Kier molecular flexibility index (Phi) is 12.9. The van der Waals surface area contributed by atoms with Gasteiger partial charge < -0.3 is 15.4 Å². The van der Waals surface area contributed by atoms with Crippen LogP contribution in [0.1, 0.15) is 31.9 Å². The molecule has 1 aromatic rings. The van der Waals surface area contributed by atoms with Crippen LogP contribution < -0.4 is 10.6 Å².